The Bertz CT molecular complexity index is 989. The molecule has 0 spiro atoms. The van der Waals surface area contributed by atoms with Crippen molar-refractivity contribution in [3.05, 3.63) is 82.8 Å². The van der Waals surface area contributed by atoms with E-state index in [0.29, 0.717) is 22.7 Å². The van der Waals surface area contributed by atoms with E-state index in [9.17, 15) is 9.59 Å². The lowest BCUT2D eigenvalue weighted by Gasteiger charge is -2.11. The van der Waals surface area contributed by atoms with Crippen LogP contribution in [0.25, 0.3) is 0 Å². The second-order valence-corrected chi connectivity index (χ2v) is 7.06. The van der Waals surface area contributed by atoms with Gasteiger partial charge in [0.15, 0.2) is 0 Å². The molecule has 0 heterocycles. The van der Waals surface area contributed by atoms with Gasteiger partial charge in [-0.15, -0.1) is 0 Å². The molecule has 0 unspecified atom stereocenters. The quantitative estimate of drug-likeness (QED) is 0.481. The number of hydrogen-bond acceptors (Lipinski definition) is 4. The first-order chi connectivity index (χ1) is 14.0. The molecule has 29 heavy (non-hydrogen) atoms. The third-order valence-electron chi connectivity index (χ3n) is 4.08. The first kappa shape index (κ1) is 20.4. The molecule has 0 aromatic heterocycles. The minimum atomic E-state index is -0.260. The van der Waals surface area contributed by atoms with E-state index in [0.717, 1.165) is 10.2 Å². The Morgan fingerprint density at radius 3 is 2.21 bits per heavy atom. The third-order valence-corrected chi connectivity index (χ3v) is 4.61. The molecule has 3 aromatic carbocycles. The van der Waals surface area contributed by atoms with Crippen LogP contribution in [-0.4, -0.2) is 25.5 Å². The van der Waals surface area contributed by atoms with Gasteiger partial charge in [-0.3, -0.25) is 9.59 Å². The number of methoxy groups -OCH3 is 1. The number of rotatable bonds is 7. The first-order valence-electron chi connectivity index (χ1n) is 8.89. The van der Waals surface area contributed by atoms with Crippen LogP contribution in [0.15, 0.2) is 77.3 Å². The van der Waals surface area contributed by atoms with Gasteiger partial charge in [0.1, 0.15) is 5.75 Å². The van der Waals surface area contributed by atoms with Crippen molar-refractivity contribution >= 4 is 44.8 Å². The van der Waals surface area contributed by atoms with Gasteiger partial charge in [0.05, 0.1) is 19.3 Å². The number of carbonyl (C=O) groups excluding carboxylic acids is 2. The van der Waals surface area contributed by atoms with Gasteiger partial charge in [-0.1, -0.05) is 28.1 Å². The standard InChI is InChI=1S/C22H20BrN3O3/c1-29-20-5-3-2-4-19(20)26-22(28)15-6-10-18(11-7-15)25-21(27)14-24-17-12-8-16(23)9-13-17/h2-13,24H,14H2,1H3,(H,25,27)(H,26,28). The molecule has 0 aliphatic carbocycles. The van der Waals surface area contributed by atoms with Crippen molar-refractivity contribution in [1.82, 2.24) is 0 Å². The highest BCUT2D eigenvalue weighted by atomic mass is 79.9. The summed E-state index contributed by atoms with van der Waals surface area (Å²) in [7, 11) is 1.55. The van der Waals surface area contributed by atoms with E-state index in [1.54, 1.807) is 43.5 Å². The summed E-state index contributed by atoms with van der Waals surface area (Å²) in [5.41, 5.74) is 2.53. The van der Waals surface area contributed by atoms with Crippen molar-refractivity contribution in [2.45, 2.75) is 0 Å². The van der Waals surface area contributed by atoms with Gasteiger partial charge in [-0.25, -0.2) is 0 Å². The predicted molar refractivity (Wildman–Crippen MR) is 119 cm³/mol. The van der Waals surface area contributed by atoms with Crippen molar-refractivity contribution < 1.29 is 14.3 Å². The number of halogens is 1. The van der Waals surface area contributed by atoms with Gasteiger partial charge in [-0.05, 0) is 60.7 Å². The molecule has 0 fully saturated rings. The molecule has 0 saturated carbocycles. The van der Waals surface area contributed by atoms with Crippen molar-refractivity contribution in [2.24, 2.45) is 0 Å². The lowest BCUT2D eigenvalue weighted by atomic mass is 10.2. The summed E-state index contributed by atoms with van der Waals surface area (Å²) in [5, 5.41) is 8.66. The minimum Gasteiger partial charge on any atom is -0.495 e. The van der Waals surface area contributed by atoms with Gasteiger partial charge in [0.2, 0.25) is 5.91 Å². The maximum Gasteiger partial charge on any atom is 0.255 e. The van der Waals surface area contributed by atoms with Crippen molar-refractivity contribution in [2.75, 3.05) is 29.6 Å². The van der Waals surface area contributed by atoms with E-state index < -0.39 is 0 Å². The smallest absolute Gasteiger partial charge is 0.255 e. The lowest BCUT2D eigenvalue weighted by molar-refractivity contribution is -0.114. The Morgan fingerprint density at radius 1 is 0.862 bits per heavy atom. The Morgan fingerprint density at radius 2 is 1.52 bits per heavy atom. The molecular weight excluding hydrogens is 434 g/mol. The van der Waals surface area contributed by atoms with Crippen LogP contribution in [0.2, 0.25) is 0 Å². The average Bonchev–Trinajstić information content (AvgIpc) is 2.74. The largest absolute Gasteiger partial charge is 0.495 e. The molecule has 0 bridgehead atoms. The monoisotopic (exact) mass is 453 g/mol. The Kier molecular flexibility index (Phi) is 6.86. The number of amides is 2. The van der Waals surface area contributed by atoms with Crippen LogP contribution < -0.4 is 20.7 Å². The Hall–Kier alpha value is -3.32. The van der Waals surface area contributed by atoms with Crippen molar-refractivity contribution in [1.29, 1.82) is 0 Å². The number of ether oxygens (including phenoxy) is 1. The van der Waals surface area contributed by atoms with Gasteiger partial charge in [-0.2, -0.15) is 0 Å². The molecule has 2 amide bonds. The molecule has 0 saturated heterocycles. The summed E-state index contributed by atoms with van der Waals surface area (Å²) in [6, 6.07) is 21.4. The summed E-state index contributed by atoms with van der Waals surface area (Å²) in [5.74, 6) is 0.145. The molecule has 0 atom stereocenters. The summed E-state index contributed by atoms with van der Waals surface area (Å²) in [4.78, 5) is 24.5. The number of anilines is 3. The second kappa shape index (κ2) is 9.75. The van der Waals surface area contributed by atoms with Gasteiger partial charge in [0.25, 0.3) is 5.91 Å². The highest BCUT2D eigenvalue weighted by molar-refractivity contribution is 9.10. The number of carbonyl (C=O) groups is 2. The number of para-hydroxylation sites is 2. The molecule has 0 aliphatic rings. The zero-order chi connectivity index (χ0) is 20.6. The highest BCUT2D eigenvalue weighted by Crippen LogP contribution is 2.24. The van der Waals surface area contributed by atoms with E-state index in [1.807, 2.05) is 36.4 Å². The molecule has 7 heteroatoms. The van der Waals surface area contributed by atoms with Crippen molar-refractivity contribution in [3.63, 3.8) is 0 Å². The number of benzene rings is 3. The maximum absolute atomic E-state index is 12.4. The first-order valence-corrected chi connectivity index (χ1v) is 9.68. The molecule has 3 N–H and O–H groups in total. The van der Waals surface area contributed by atoms with E-state index >= 15 is 0 Å². The van der Waals surface area contributed by atoms with E-state index in [4.69, 9.17) is 4.74 Å². The Balaban J connectivity index is 1.54. The van der Waals surface area contributed by atoms with Gasteiger partial charge in [0, 0.05) is 21.4 Å². The maximum atomic E-state index is 12.4. The van der Waals surface area contributed by atoms with E-state index in [2.05, 4.69) is 31.9 Å². The van der Waals surface area contributed by atoms with Crippen LogP contribution in [0.3, 0.4) is 0 Å². The molecule has 6 nitrogen and oxygen atoms in total. The normalized spacial score (nSPS) is 10.1. The SMILES string of the molecule is COc1ccccc1NC(=O)c1ccc(NC(=O)CNc2ccc(Br)cc2)cc1. The zero-order valence-electron chi connectivity index (χ0n) is 15.7. The van der Waals surface area contributed by atoms with Crippen LogP contribution in [0.4, 0.5) is 17.1 Å². The molecule has 148 valence electrons. The van der Waals surface area contributed by atoms with Crippen LogP contribution >= 0.6 is 15.9 Å². The molecule has 3 rings (SSSR count). The van der Waals surface area contributed by atoms with Gasteiger partial charge < -0.3 is 20.7 Å². The zero-order valence-corrected chi connectivity index (χ0v) is 17.3. The fourth-order valence-corrected chi connectivity index (χ4v) is 2.87. The van der Waals surface area contributed by atoms with Crippen LogP contribution in [0.5, 0.6) is 5.75 Å². The molecule has 0 aliphatic heterocycles. The fraction of sp³-hybridized carbons (Fsp3) is 0.0909. The van der Waals surface area contributed by atoms with Crippen LogP contribution in [0, 0.1) is 0 Å². The van der Waals surface area contributed by atoms with E-state index in [1.165, 1.54) is 0 Å². The molecule has 3 aromatic rings. The predicted octanol–water partition coefficient (Wildman–Crippen LogP) is 4.76. The average molecular weight is 454 g/mol. The minimum absolute atomic E-state index is 0.137. The summed E-state index contributed by atoms with van der Waals surface area (Å²) in [6.45, 7) is 0.137. The summed E-state index contributed by atoms with van der Waals surface area (Å²) >= 11 is 3.37. The Labute approximate surface area is 177 Å². The fourth-order valence-electron chi connectivity index (χ4n) is 2.60. The van der Waals surface area contributed by atoms with Crippen LogP contribution in [0.1, 0.15) is 10.4 Å². The third kappa shape index (κ3) is 5.83. The molecular formula is C22H20BrN3O3. The van der Waals surface area contributed by atoms with Gasteiger partial charge >= 0.3 is 0 Å². The number of hydrogen-bond donors (Lipinski definition) is 3. The topological polar surface area (TPSA) is 79.5 Å². The second-order valence-electron chi connectivity index (χ2n) is 6.14. The summed E-state index contributed by atoms with van der Waals surface area (Å²) in [6.07, 6.45) is 0. The van der Waals surface area contributed by atoms with Crippen LogP contribution in [-0.2, 0) is 4.79 Å². The van der Waals surface area contributed by atoms with Crippen molar-refractivity contribution in [3.8, 4) is 5.75 Å². The number of nitrogens with one attached hydrogen (secondary N) is 3. The highest BCUT2D eigenvalue weighted by Gasteiger charge is 2.10. The molecule has 0 radical (unpaired) electrons. The van der Waals surface area contributed by atoms with E-state index in [-0.39, 0.29) is 18.4 Å². The lowest BCUT2D eigenvalue weighted by Crippen LogP contribution is -2.21. The summed E-state index contributed by atoms with van der Waals surface area (Å²) < 4.78 is 6.21.